The van der Waals surface area contributed by atoms with Gasteiger partial charge in [0.2, 0.25) is 0 Å². The van der Waals surface area contributed by atoms with Crippen molar-refractivity contribution in [3.05, 3.63) is 53.0 Å². The van der Waals surface area contributed by atoms with Crippen molar-refractivity contribution in [2.24, 2.45) is 0 Å². The van der Waals surface area contributed by atoms with Gasteiger partial charge in [0.15, 0.2) is 0 Å². The summed E-state index contributed by atoms with van der Waals surface area (Å²) in [4.78, 5) is 33.8. The van der Waals surface area contributed by atoms with Gasteiger partial charge in [-0.2, -0.15) is 5.10 Å². The number of aromatic amines is 1. The second-order valence-electron chi connectivity index (χ2n) is 8.77. The monoisotopic (exact) mass is 403 g/mol. The Morgan fingerprint density at radius 2 is 2.03 bits per heavy atom. The molecule has 3 aliphatic rings. The molecule has 0 radical (unpaired) electrons. The van der Waals surface area contributed by atoms with E-state index in [1.165, 1.54) is 0 Å². The SMILES string of the molecule is CCN1C(=O)c2c3c(nn2CCC12CC2)CCN(C(=O)c1cc2ccccc2[nH]1)C3. The third kappa shape index (κ3) is 2.47. The lowest BCUT2D eigenvalue weighted by Crippen LogP contribution is -2.42. The molecule has 7 nitrogen and oxygen atoms in total. The Hall–Kier alpha value is -3.09. The Balaban J connectivity index is 1.33. The molecule has 2 aliphatic heterocycles. The zero-order valence-corrected chi connectivity index (χ0v) is 17.1. The molecule has 1 saturated carbocycles. The van der Waals surface area contributed by atoms with Crippen LogP contribution < -0.4 is 0 Å². The predicted molar refractivity (Wildman–Crippen MR) is 112 cm³/mol. The average Bonchev–Trinajstić information content (AvgIpc) is 3.29. The van der Waals surface area contributed by atoms with Gasteiger partial charge in [-0.3, -0.25) is 14.3 Å². The van der Waals surface area contributed by atoms with Crippen LogP contribution >= 0.6 is 0 Å². The largest absolute Gasteiger partial charge is 0.351 e. The summed E-state index contributed by atoms with van der Waals surface area (Å²) in [6, 6.07) is 9.81. The number of H-pyrrole nitrogens is 1. The highest BCUT2D eigenvalue weighted by atomic mass is 16.2. The number of nitrogens with zero attached hydrogens (tertiary/aromatic N) is 4. The van der Waals surface area contributed by atoms with Crippen molar-refractivity contribution < 1.29 is 9.59 Å². The van der Waals surface area contributed by atoms with Crippen LogP contribution in [0, 0.1) is 0 Å². The fourth-order valence-electron chi connectivity index (χ4n) is 5.30. The molecule has 1 spiro atoms. The molecule has 0 unspecified atom stereocenters. The summed E-state index contributed by atoms with van der Waals surface area (Å²) in [5.74, 6) is 0.0602. The lowest BCUT2D eigenvalue weighted by atomic mass is 10.0. The summed E-state index contributed by atoms with van der Waals surface area (Å²) in [5.41, 5.74) is 4.20. The fraction of sp³-hybridized carbons (Fsp3) is 0.435. The first kappa shape index (κ1) is 17.7. The van der Waals surface area contributed by atoms with Crippen LogP contribution in [0.15, 0.2) is 30.3 Å². The van der Waals surface area contributed by atoms with Gasteiger partial charge in [-0.1, -0.05) is 18.2 Å². The number of rotatable bonds is 2. The van der Waals surface area contributed by atoms with E-state index < -0.39 is 0 Å². The molecule has 4 heterocycles. The maximum Gasteiger partial charge on any atom is 0.272 e. The van der Waals surface area contributed by atoms with Gasteiger partial charge in [0.1, 0.15) is 11.4 Å². The minimum Gasteiger partial charge on any atom is -0.351 e. The van der Waals surface area contributed by atoms with Crippen molar-refractivity contribution in [3.8, 4) is 0 Å². The Labute approximate surface area is 174 Å². The molecular weight excluding hydrogens is 378 g/mol. The fourth-order valence-corrected chi connectivity index (χ4v) is 5.30. The lowest BCUT2D eigenvalue weighted by Gasteiger charge is -2.30. The third-order valence-electron chi connectivity index (χ3n) is 7.10. The quantitative estimate of drug-likeness (QED) is 0.715. The number of para-hydroxylation sites is 1. The van der Waals surface area contributed by atoms with Gasteiger partial charge in [-0.25, -0.2) is 0 Å². The summed E-state index contributed by atoms with van der Waals surface area (Å²) in [7, 11) is 0. The smallest absolute Gasteiger partial charge is 0.272 e. The van der Waals surface area contributed by atoms with Crippen LogP contribution in [0.3, 0.4) is 0 Å². The maximum atomic E-state index is 13.5. The standard InChI is InChI=1S/C23H25N5O2/c1-2-27-22(30)20-16-14-26(21(29)19-13-15-5-3-4-6-17(15)24-19)11-7-18(16)25-28(20)12-10-23(27)8-9-23/h3-6,13,24H,2,7-12,14H2,1H3. The van der Waals surface area contributed by atoms with E-state index >= 15 is 0 Å². The Morgan fingerprint density at radius 3 is 2.80 bits per heavy atom. The second-order valence-corrected chi connectivity index (χ2v) is 8.77. The minimum absolute atomic E-state index is 0.0242. The van der Waals surface area contributed by atoms with Gasteiger partial charge in [-0.15, -0.1) is 0 Å². The first-order chi connectivity index (χ1) is 14.6. The predicted octanol–water partition coefficient (Wildman–Crippen LogP) is 2.96. The Kier molecular flexibility index (Phi) is 3.67. The Morgan fingerprint density at radius 1 is 1.20 bits per heavy atom. The van der Waals surface area contributed by atoms with Crippen LogP contribution in [0.2, 0.25) is 0 Å². The van der Waals surface area contributed by atoms with Gasteiger partial charge in [-0.05, 0) is 38.3 Å². The van der Waals surface area contributed by atoms with E-state index in [4.69, 9.17) is 5.10 Å². The molecule has 30 heavy (non-hydrogen) atoms. The first-order valence-corrected chi connectivity index (χ1v) is 10.9. The van der Waals surface area contributed by atoms with E-state index in [2.05, 4.69) is 11.9 Å². The number of carbonyl (C=O) groups is 2. The van der Waals surface area contributed by atoms with Crippen molar-refractivity contribution in [2.75, 3.05) is 13.1 Å². The summed E-state index contributed by atoms with van der Waals surface area (Å²) in [5, 5.41) is 5.82. The highest BCUT2D eigenvalue weighted by molar-refractivity contribution is 5.99. The number of carbonyl (C=O) groups excluding carboxylic acids is 2. The third-order valence-corrected chi connectivity index (χ3v) is 7.10. The number of amides is 2. The number of aryl methyl sites for hydroxylation is 1. The van der Waals surface area contributed by atoms with Crippen molar-refractivity contribution in [2.45, 2.75) is 51.2 Å². The van der Waals surface area contributed by atoms with E-state index in [1.54, 1.807) is 0 Å². The zero-order valence-electron chi connectivity index (χ0n) is 17.1. The molecule has 154 valence electrons. The summed E-state index contributed by atoms with van der Waals surface area (Å²) >= 11 is 0. The first-order valence-electron chi connectivity index (χ1n) is 10.9. The van der Waals surface area contributed by atoms with Crippen LogP contribution in [0.25, 0.3) is 10.9 Å². The van der Waals surface area contributed by atoms with Crippen LogP contribution in [0.1, 0.15) is 58.4 Å². The highest BCUT2D eigenvalue weighted by Crippen LogP contribution is 2.47. The van der Waals surface area contributed by atoms with Gasteiger partial charge >= 0.3 is 0 Å². The summed E-state index contributed by atoms with van der Waals surface area (Å²) in [6.45, 7) is 4.61. The number of aromatic nitrogens is 3. The summed E-state index contributed by atoms with van der Waals surface area (Å²) in [6.07, 6.45) is 3.83. The van der Waals surface area contributed by atoms with E-state index in [0.717, 1.165) is 54.5 Å². The Bertz CT molecular complexity index is 1150. The highest BCUT2D eigenvalue weighted by Gasteiger charge is 2.52. The van der Waals surface area contributed by atoms with Crippen LogP contribution in [-0.4, -0.2) is 55.0 Å². The normalized spacial score (nSPS) is 19.7. The van der Waals surface area contributed by atoms with Crippen LogP contribution in [0.5, 0.6) is 0 Å². The van der Waals surface area contributed by atoms with Crippen molar-refractivity contribution in [1.82, 2.24) is 24.6 Å². The van der Waals surface area contributed by atoms with Gasteiger partial charge in [0.05, 0.1) is 12.2 Å². The van der Waals surface area contributed by atoms with Gasteiger partial charge < -0.3 is 14.8 Å². The topological polar surface area (TPSA) is 74.2 Å². The number of hydrogen-bond acceptors (Lipinski definition) is 3. The van der Waals surface area contributed by atoms with E-state index in [9.17, 15) is 9.59 Å². The van der Waals surface area contributed by atoms with E-state index in [1.807, 2.05) is 44.8 Å². The molecule has 1 aromatic carbocycles. The second kappa shape index (κ2) is 6.20. The zero-order chi connectivity index (χ0) is 20.5. The molecular formula is C23H25N5O2. The number of fused-ring (bicyclic) bond motifs is 4. The maximum absolute atomic E-state index is 13.5. The molecule has 2 aromatic heterocycles. The number of hydrogen-bond donors (Lipinski definition) is 1. The lowest BCUT2D eigenvalue weighted by molar-refractivity contribution is 0.0651. The molecule has 1 N–H and O–H groups in total. The molecule has 7 heteroatoms. The van der Waals surface area contributed by atoms with Crippen molar-refractivity contribution >= 4 is 22.7 Å². The summed E-state index contributed by atoms with van der Waals surface area (Å²) < 4.78 is 1.92. The molecule has 0 bridgehead atoms. The minimum atomic E-state index is -0.0242. The molecule has 0 saturated heterocycles. The van der Waals surface area contributed by atoms with Gasteiger partial charge in [0, 0.05) is 48.1 Å². The molecule has 0 atom stereocenters. The van der Waals surface area contributed by atoms with Crippen LogP contribution in [-0.2, 0) is 19.5 Å². The number of nitrogens with one attached hydrogen (secondary N) is 1. The average molecular weight is 403 g/mol. The number of benzene rings is 1. The molecule has 3 aromatic rings. The van der Waals surface area contributed by atoms with Crippen molar-refractivity contribution in [1.29, 1.82) is 0 Å². The molecule has 1 fully saturated rings. The van der Waals surface area contributed by atoms with Crippen molar-refractivity contribution in [3.63, 3.8) is 0 Å². The molecule has 2 amide bonds. The van der Waals surface area contributed by atoms with E-state index in [-0.39, 0.29) is 17.4 Å². The molecule has 1 aliphatic carbocycles. The van der Waals surface area contributed by atoms with E-state index in [0.29, 0.717) is 30.9 Å². The van der Waals surface area contributed by atoms with Crippen LogP contribution in [0.4, 0.5) is 0 Å². The van der Waals surface area contributed by atoms with Gasteiger partial charge in [0.25, 0.3) is 11.8 Å². The molecule has 6 rings (SSSR count).